The average Bonchev–Trinajstić information content (AvgIpc) is 2.12. The van der Waals surface area contributed by atoms with Crippen molar-refractivity contribution < 1.29 is 5.11 Å². The van der Waals surface area contributed by atoms with E-state index >= 15 is 0 Å². The van der Waals surface area contributed by atoms with Gasteiger partial charge in [0.1, 0.15) is 0 Å². The van der Waals surface area contributed by atoms with E-state index in [2.05, 4.69) is 41.7 Å². The van der Waals surface area contributed by atoms with Crippen LogP contribution in [0.2, 0.25) is 0 Å². The van der Waals surface area contributed by atoms with Crippen molar-refractivity contribution in [3.63, 3.8) is 0 Å². The molecule has 1 N–H and O–H groups in total. The highest BCUT2D eigenvalue weighted by atomic mass is 79.9. The van der Waals surface area contributed by atoms with Crippen LogP contribution in [-0.2, 0) is 6.42 Å². The van der Waals surface area contributed by atoms with Crippen molar-refractivity contribution in [3.8, 4) is 0 Å². The zero-order chi connectivity index (χ0) is 11.5. The van der Waals surface area contributed by atoms with Gasteiger partial charge in [-0.3, -0.25) is 4.98 Å². The Morgan fingerprint density at radius 3 is 2.60 bits per heavy atom. The van der Waals surface area contributed by atoms with Gasteiger partial charge in [-0.1, -0.05) is 20.8 Å². The fourth-order valence-corrected chi connectivity index (χ4v) is 1.74. The number of halogens is 1. The number of rotatable bonds is 3. The second-order valence-electron chi connectivity index (χ2n) is 4.93. The van der Waals surface area contributed by atoms with Gasteiger partial charge in [0.25, 0.3) is 0 Å². The van der Waals surface area contributed by atoms with Crippen LogP contribution in [0.5, 0.6) is 0 Å². The molecule has 0 bridgehead atoms. The van der Waals surface area contributed by atoms with Crippen LogP contribution < -0.4 is 0 Å². The van der Waals surface area contributed by atoms with Gasteiger partial charge in [0, 0.05) is 16.9 Å². The Kier molecular flexibility index (Phi) is 4.29. The number of nitrogens with zero attached hydrogens (tertiary/aromatic N) is 1. The lowest BCUT2D eigenvalue weighted by molar-refractivity contribution is 0.0560. The minimum absolute atomic E-state index is 0.0422. The third-order valence-corrected chi connectivity index (χ3v) is 2.90. The van der Waals surface area contributed by atoms with Gasteiger partial charge < -0.3 is 5.11 Å². The van der Waals surface area contributed by atoms with Crippen molar-refractivity contribution in [2.24, 2.45) is 5.41 Å². The molecule has 1 atom stereocenters. The predicted molar refractivity (Wildman–Crippen MR) is 65.7 cm³/mol. The molecule has 1 aromatic rings. The smallest absolute Gasteiger partial charge is 0.0591 e. The molecule has 0 saturated carbocycles. The molecular weight excluding hydrogens is 254 g/mol. The minimum atomic E-state index is -0.267. The monoisotopic (exact) mass is 271 g/mol. The first kappa shape index (κ1) is 12.7. The minimum Gasteiger partial charge on any atom is -0.393 e. The molecule has 0 amide bonds. The summed E-state index contributed by atoms with van der Waals surface area (Å²) in [4.78, 5) is 4.10. The summed E-state index contributed by atoms with van der Waals surface area (Å²) >= 11 is 3.38. The van der Waals surface area contributed by atoms with Gasteiger partial charge in [-0.05, 0) is 45.8 Å². The van der Waals surface area contributed by atoms with Crippen molar-refractivity contribution in [2.45, 2.75) is 39.7 Å². The SMILES string of the molecule is CC(C)(C)C(O)CCc1cncc(Br)c1. The zero-order valence-electron chi connectivity index (χ0n) is 9.50. The van der Waals surface area contributed by atoms with Crippen LogP contribution in [0.3, 0.4) is 0 Å². The molecule has 84 valence electrons. The fourth-order valence-electron chi connectivity index (χ4n) is 1.33. The number of pyridine rings is 1. The Morgan fingerprint density at radius 2 is 2.07 bits per heavy atom. The molecule has 0 aliphatic heterocycles. The maximum Gasteiger partial charge on any atom is 0.0591 e. The van der Waals surface area contributed by atoms with Crippen molar-refractivity contribution in [1.82, 2.24) is 4.98 Å². The lowest BCUT2D eigenvalue weighted by atomic mass is 9.86. The third kappa shape index (κ3) is 4.31. The van der Waals surface area contributed by atoms with E-state index in [1.165, 1.54) is 0 Å². The lowest BCUT2D eigenvalue weighted by Crippen LogP contribution is -2.26. The van der Waals surface area contributed by atoms with Crippen molar-refractivity contribution >= 4 is 15.9 Å². The molecule has 1 unspecified atom stereocenters. The molecule has 0 radical (unpaired) electrons. The summed E-state index contributed by atoms with van der Waals surface area (Å²) in [7, 11) is 0. The molecule has 2 nitrogen and oxygen atoms in total. The van der Waals surface area contributed by atoms with E-state index in [-0.39, 0.29) is 11.5 Å². The second kappa shape index (κ2) is 5.08. The summed E-state index contributed by atoms with van der Waals surface area (Å²) in [5, 5.41) is 9.88. The van der Waals surface area contributed by atoms with Gasteiger partial charge in [0.05, 0.1) is 6.10 Å². The largest absolute Gasteiger partial charge is 0.393 e. The zero-order valence-corrected chi connectivity index (χ0v) is 11.1. The van der Waals surface area contributed by atoms with Crippen LogP contribution in [0.4, 0.5) is 0 Å². The van der Waals surface area contributed by atoms with Gasteiger partial charge in [-0.25, -0.2) is 0 Å². The average molecular weight is 272 g/mol. The van der Waals surface area contributed by atoms with Gasteiger partial charge in [0.15, 0.2) is 0 Å². The van der Waals surface area contributed by atoms with Gasteiger partial charge >= 0.3 is 0 Å². The molecule has 1 heterocycles. The van der Waals surface area contributed by atoms with E-state index in [4.69, 9.17) is 0 Å². The first-order valence-corrected chi connectivity index (χ1v) is 5.96. The van der Waals surface area contributed by atoms with Crippen LogP contribution in [0.1, 0.15) is 32.8 Å². The predicted octanol–water partition coefficient (Wildman–Crippen LogP) is 3.18. The van der Waals surface area contributed by atoms with Crippen LogP contribution >= 0.6 is 15.9 Å². The fraction of sp³-hybridized carbons (Fsp3) is 0.583. The van der Waals surface area contributed by atoms with Crippen LogP contribution in [0.15, 0.2) is 22.9 Å². The molecule has 15 heavy (non-hydrogen) atoms. The Labute approximate surface area is 99.9 Å². The molecule has 3 heteroatoms. The van der Waals surface area contributed by atoms with E-state index in [1.54, 1.807) is 6.20 Å². The molecule has 0 aromatic carbocycles. The van der Waals surface area contributed by atoms with Crippen molar-refractivity contribution in [2.75, 3.05) is 0 Å². The number of aliphatic hydroxyl groups is 1. The summed E-state index contributed by atoms with van der Waals surface area (Å²) in [6.45, 7) is 6.16. The quantitative estimate of drug-likeness (QED) is 0.916. The van der Waals surface area contributed by atoms with E-state index in [9.17, 15) is 5.11 Å². The highest BCUT2D eigenvalue weighted by Gasteiger charge is 2.21. The van der Waals surface area contributed by atoms with Crippen molar-refractivity contribution in [1.29, 1.82) is 0 Å². The van der Waals surface area contributed by atoms with E-state index in [0.717, 1.165) is 22.9 Å². The summed E-state index contributed by atoms with van der Waals surface area (Å²) in [6, 6.07) is 2.04. The number of aromatic nitrogens is 1. The summed E-state index contributed by atoms with van der Waals surface area (Å²) in [5.74, 6) is 0. The molecule has 1 aromatic heterocycles. The number of aryl methyl sites for hydroxylation is 1. The highest BCUT2D eigenvalue weighted by Crippen LogP contribution is 2.23. The van der Waals surface area contributed by atoms with Gasteiger partial charge in [-0.2, -0.15) is 0 Å². The molecular formula is C12H18BrNO. The lowest BCUT2D eigenvalue weighted by Gasteiger charge is -2.25. The maximum atomic E-state index is 9.88. The van der Waals surface area contributed by atoms with Gasteiger partial charge in [-0.15, -0.1) is 0 Å². The third-order valence-electron chi connectivity index (χ3n) is 2.47. The second-order valence-corrected chi connectivity index (χ2v) is 5.85. The van der Waals surface area contributed by atoms with Crippen LogP contribution in [0.25, 0.3) is 0 Å². The Bertz CT molecular complexity index is 320. The Balaban J connectivity index is 2.51. The van der Waals surface area contributed by atoms with Crippen LogP contribution in [-0.4, -0.2) is 16.2 Å². The summed E-state index contributed by atoms with van der Waals surface area (Å²) < 4.78 is 0.991. The topological polar surface area (TPSA) is 33.1 Å². The van der Waals surface area contributed by atoms with E-state index < -0.39 is 0 Å². The summed E-state index contributed by atoms with van der Waals surface area (Å²) in [6.07, 6.45) is 4.99. The Morgan fingerprint density at radius 1 is 1.40 bits per heavy atom. The highest BCUT2D eigenvalue weighted by molar-refractivity contribution is 9.10. The molecule has 0 saturated heterocycles. The van der Waals surface area contributed by atoms with E-state index in [1.807, 2.05) is 12.3 Å². The number of aliphatic hydroxyl groups excluding tert-OH is 1. The first-order chi connectivity index (χ1) is 6.89. The molecule has 0 fully saturated rings. The number of hydrogen-bond donors (Lipinski definition) is 1. The number of hydrogen-bond acceptors (Lipinski definition) is 2. The summed E-state index contributed by atoms with van der Waals surface area (Å²) in [5.41, 5.74) is 1.12. The normalized spacial score (nSPS) is 13.9. The van der Waals surface area contributed by atoms with Crippen molar-refractivity contribution in [3.05, 3.63) is 28.5 Å². The first-order valence-electron chi connectivity index (χ1n) is 5.17. The maximum absolute atomic E-state index is 9.88. The Hall–Kier alpha value is -0.410. The standard InChI is InChI=1S/C12H18BrNO/c1-12(2,3)11(15)5-4-9-6-10(13)8-14-7-9/h6-8,11,15H,4-5H2,1-3H3. The molecule has 0 aliphatic rings. The van der Waals surface area contributed by atoms with E-state index in [0.29, 0.717) is 0 Å². The molecule has 1 rings (SSSR count). The van der Waals surface area contributed by atoms with Crippen LogP contribution in [0, 0.1) is 5.41 Å². The molecule has 0 aliphatic carbocycles. The molecule has 0 spiro atoms. The van der Waals surface area contributed by atoms with Gasteiger partial charge in [0.2, 0.25) is 0 Å².